The number of hydrogen-bond acceptors (Lipinski definition) is 5. The summed E-state index contributed by atoms with van der Waals surface area (Å²) in [5.41, 5.74) is 0. The number of carbonyl (C=O) groups is 2. The monoisotopic (exact) mass is 838 g/mol. The van der Waals surface area contributed by atoms with Crippen LogP contribution in [0.3, 0.4) is 0 Å². The average molecular weight is 838 g/mol. The minimum atomic E-state index is -0.0766. The largest absolute Gasteiger partial charge is 0.462 e. The second-order valence-electron chi connectivity index (χ2n) is 18.5. The Labute approximate surface area is 373 Å². The molecule has 3 atom stereocenters. The highest BCUT2D eigenvalue weighted by atomic mass is 16.5. The SMILES string of the molecule is CCCCC/C=C\C/C=C\CCCCCCCCC(CCCCCCCC/C=C\C/C=C\CCCCC)OC(=O)CC1CCC(OC(=O)CCCN(C)C)C1CCCCC. The van der Waals surface area contributed by atoms with E-state index in [1.807, 2.05) is 14.1 Å². The second-order valence-corrected chi connectivity index (χ2v) is 18.5. The van der Waals surface area contributed by atoms with Gasteiger partial charge in [-0.15, -0.1) is 0 Å². The van der Waals surface area contributed by atoms with Crippen molar-refractivity contribution < 1.29 is 19.1 Å². The predicted molar refractivity (Wildman–Crippen MR) is 260 cm³/mol. The number of esters is 2. The number of rotatable bonds is 42. The molecule has 5 heteroatoms. The van der Waals surface area contributed by atoms with Crippen LogP contribution in [0, 0.1) is 11.8 Å². The van der Waals surface area contributed by atoms with Gasteiger partial charge in [-0.3, -0.25) is 9.59 Å². The summed E-state index contributed by atoms with van der Waals surface area (Å²) in [6.45, 7) is 7.64. The maximum absolute atomic E-state index is 13.6. The summed E-state index contributed by atoms with van der Waals surface area (Å²) >= 11 is 0. The summed E-state index contributed by atoms with van der Waals surface area (Å²) in [4.78, 5) is 28.5. The zero-order chi connectivity index (χ0) is 43.6. The third kappa shape index (κ3) is 34.4. The number of hydrogen-bond donors (Lipinski definition) is 0. The van der Waals surface area contributed by atoms with Gasteiger partial charge >= 0.3 is 11.9 Å². The zero-order valence-electron chi connectivity index (χ0n) is 40.5. The Balaban J connectivity index is 2.54. The lowest BCUT2D eigenvalue weighted by atomic mass is 9.87. The second kappa shape index (κ2) is 42.2. The molecular formula is C55H99NO4. The molecule has 0 aliphatic heterocycles. The van der Waals surface area contributed by atoms with E-state index in [0.29, 0.717) is 12.8 Å². The van der Waals surface area contributed by atoms with Gasteiger partial charge in [-0.05, 0) is 148 Å². The maximum atomic E-state index is 13.6. The molecule has 0 bridgehead atoms. The van der Waals surface area contributed by atoms with Crippen molar-refractivity contribution in [2.45, 2.75) is 258 Å². The van der Waals surface area contributed by atoms with E-state index in [2.05, 4.69) is 74.3 Å². The molecule has 3 unspecified atom stereocenters. The quantitative estimate of drug-likeness (QED) is 0.0348. The van der Waals surface area contributed by atoms with Gasteiger partial charge in [0.1, 0.15) is 12.2 Å². The van der Waals surface area contributed by atoms with Gasteiger partial charge in [0.05, 0.1) is 0 Å². The van der Waals surface area contributed by atoms with Gasteiger partial charge in [0, 0.05) is 12.8 Å². The molecule has 0 heterocycles. The maximum Gasteiger partial charge on any atom is 0.306 e. The van der Waals surface area contributed by atoms with Crippen LogP contribution in [0.5, 0.6) is 0 Å². The first-order valence-corrected chi connectivity index (χ1v) is 26.0. The van der Waals surface area contributed by atoms with Crippen LogP contribution < -0.4 is 0 Å². The highest BCUT2D eigenvalue weighted by molar-refractivity contribution is 5.70. The van der Waals surface area contributed by atoms with E-state index in [0.717, 1.165) is 77.2 Å². The zero-order valence-corrected chi connectivity index (χ0v) is 40.5. The topological polar surface area (TPSA) is 55.8 Å². The van der Waals surface area contributed by atoms with Gasteiger partial charge in [-0.2, -0.15) is 0 Å². The first kappa shape index (κ1) is 55.9. The van der Waals surface area contributed by atoms with Crippen molar-refractivity contribution in [3.63, 3.8) is 0 Å². The Morgan fingerprint density at radius 1 is 0.533 bits per heavy atom. The molecule has 0 radical (unpaired) electrons. The van der Waals surface area contributed by atoms with E-state index in [4.69, 9.17) is 9.47 Å². The van der Waals surface area contributed by atoms with E-state index in [9.17, 15) is 9.59 Å². The van der Waals surface area contributed by atoms with Crippen molar-refractivity contribution in [3.05, 3.63) is 48.6 Å². The van der Waals surface area contributed by atoms with Crippen LogP contribution in [0.25, 0.3) is 0 Å². The van der Waals surface area contributed by atoms with Crippen molar-refractivity contribution in [3.8, 4) is 0 Å². The number of carbonyl (C=O) groups excluding carboxylic acids is 2. The molecule has 0 amide bonds. The van der Waals surface area contributed by atoms with Crippen molar-refractivity contribution >= 4 is 11.9 Å². The van der Waals surface area contributed by atoms with Crippen LogP contribution in [-0.2, 0) is 19.1 Å². The lowest BCUT2D eigenvalue weighted by Crippen LogP contribution is -2.28. The van der Waals surface area contributed by atoms with Gasteiger partial charge in [0.25, 0.3) is 0 Å². The minimum Gasteiger partial charge on any atom is -0.462 e. The lowest BCUT2D eigenvalue weighted by Gasteiger charge is -2.26. The van der Waals surface area contributed by atoms with E-state index in [-0.39, 0.29) is 36.0 Å². The third-order valence-corrected chi connectivity index (χ3v) is 12.5. The molecule has 1 fully saturated rings. The van der Waals surface area contributed by atoms with E-state index in [1.54, 1.807) is 0 Å². The Bertz CT molecular complexity index is 1040. The summed E-state index contributed by atoms with van der Waals surface area (Å²) in [5.74, 6) is 0.412. The summed E-state index contributed by atoms with van der Waals surface area (Å²) in [7, 11) is 4.08. The number of unbranched alkanes of at least 4 members (excludes halogenated alkanes) is 20. The molecule has 1 rings (SSSR count). The minimum absolute atomic E-state index is 0.0245. The van der Waals surface area contributed by atoms with Crippen LogP contribution in [0.2, 0.25) is 0 Å². The van der Waals surface area contributed by atoms with Crippen LogP contribution >= 0.6 is 0 Å². The first-order chi connectivity index (χ1) is 29.4. The van der Waals surface area contributed by atoms with Gasteiger partial charge in [0.2, 0.25) is 0 Å². The average Bonchev–Trinajstić information content (AvgIpc) is 3.59. The van der Waals surface area contributed by atoms with Crippen LogP contribution in [-0.4, -0.2) is 49.7 Å². The fraction of sp³-hybridized carbons (Fsp3) is 0.818. The smallest absolute Gasteiger partial charge is 0.306 e. The summed E-state index contributed by atoms with van der Waals surface area (Å²) in [6.07, 6.45) is 58.6. The van der Waals surface area contributed by atoms with Gasteiger partial charge in [-0.25, -0.2) is 0 Å². The fourth-order valence-corrected chi connectivity index (χ4v) is 8.76. The summed E-state index contributed by atoms with van der Waals surface area (Å²) < 4.78 is 12.4. The van der Waals surface area contributed by atoms with Gasteiger partial charge in [0.15, 0.2) is 0 Å². The molecule has 1 saturated carbocycles. The van der Waals surface area contributed by atoms with Gasteiger partial charge < -0.3 is 14.4 Å². The molecule has 0 saturated heterocycles. The molecule has 0 aromatic heterocycles. The molecule has 60 heavy (non-hydrogen) atoms. The van der Waals surface area contributed by atoms with Crippen molar-refractivity contribution in [2.24, 2.45) is 11.8 Å². The number of allylic oxidation sites excluding steroid dienone is 8. The third-order valence-electron chi connectivity index (χ3n) is 12.5. The molecule has 0 spiro atoms. The molecule has 0 N–H and O–H groups in total. The van der Waals surface area contributed by atoms with E-state index >= 15 is 0 Å². The molecule has 5 nitrogen and oxygen atoms in total. The van der Waals surface area contributed by atoms with E-state index in [1.165, 1.54) is 141 Å². The Kier molecular flexibility index (Phi) is 39.3. The van der Waals surface area contributed by atoms with Crippen molar-refractivity contribution in [2.75, 3.05) is 20.6 Å². The van der Waals surface area contributed by atoms with Crippen molar-refractivity contribution in [1.82, 2.24) is 4.90 Å². The molecule has 348 valence electrons. The first-order valence-electron chi connectivity index (χ1n) is 26.0. The molecule has 1 aliphatic rings. The van der Waals surface area contributed by atoms with E-state index < -0.39 is 0 Å². The lowest BCUT2D eigenvalue weighted by molar-refractivity contribution is -0.153. The molecular weight excluding hydrogens is 739 g/mol. The summed E-state index contributed by atoms with van der Waals surface area (Å²) in [6, 6.07) is 0. The predicted octanol–water partition coefficient (Wildman–Crippen LogP) is 16.6. The molecule has 0 aromatic rings. The van der Waals surface area contributed by atoms with Crippen LogP contribution in [0.4, 0.5) is 0 Å². The fourth-order valence-electron chi connectivity index (χ4n) is 8.76. The van der Waals surface area contributed by atoms with Crippen LogP contribution in [0.15, 0.2) is 48.6 Å². The van der Waals surface area contributed by atoms with Gasteiger partial charge in [-0.1, -0.05) is 166 Å². The number of ether oxygens (including phenoxy) is 2. The highest BCUT2D eigenvalue weighted by Crippen LogP contribution is 2.40. The Morgan fingerprint density at radius 2 is 0.983 bits per heavy atom. The Hall–Kier alpha value is -2.14. The molecule has 1 aliphatic carbocycles. The Morgan fingerprint density at radius 3 is 1.47 bits per heavy atom. The van der Waals surface area contributed by atoms with Crippen LogP contribution in [0.1, 0.15) is 245 Å². The standard InChI is InChI=1S/C55H99NO4/c1-6-9-12-14-16-18-20-22-24-26-28-30-32-34-36-39-42-51(43-40-37-35-33-31-29-27-25-23-21-19-17-15-13-10-7-2)59-55(58)49-50-46-47-53(52(50)44-38-11-8-3)60-54(57)45-41-48-56(4)5/h16-19,22-25,50-53H,6-15,20-21,26-49H2,1-5H3/b18-16-,19-17-,24-22-,25-23-. The van der Waals surface area contributed by atoms with Crippen molar-refractivity contribution in [1.29, 1.82) is 0 Å². The molecule has 0 aromatic carbocycles. The highest BCUT2D eigenvalue weighted by Gasteiger charge is 2.39. The number of nitrogens with zero attached hydrogens (tertiary/aromatic N) is 1. The summed E-state index contributed by atoms with van der Waals surface area (Å²) in [5, 5.41) is 0. The normalized spacial score (nSPS) is 17.2.